The van der Waals surface area contributed by atoms with Gasteiger partial charge >= 0.3 is 5.97 Å². The molecule has 140 valence electrons. The zero-order valence-corrected chi connectivity index (χ0v) is 15.7. The number of unbranched alkanes of at least 4 members (excludes halogenated alkanes) is 2. The van der Waals surface area contributed by atoms with Crippen LogP contribution < -0.4 is 10.0 Å². The van der Waals surface area contributed by atoms with E-state index >= 15 is 0 Å². The summed E-state index contributed by atoms with van der Waals surface area (Å²) in [5, 5.41) is 2.77. The molecule has 0 fully saturated rings. The van der Waals surface area contributed by atoms with Crippen molar-refractivity contribution in [3.05, 3.63) is 29.8 Å². The van der Waals surface area contributed by atoms with E-state index in [1.165, 1.54) is 31.4 Å². The molecule has 1 aromatic carbocycles. The van der Waals surface area contributed by atoms with Crippen LogP contribution in [-0.2, 0) is 19.6 Å². The van der Waals surface area contributed by atoms with Crippen molar-refractivity contribution in [1.82, 2.24) is 10.0 Å². The molecule has 0 aromatic heterocycles. The summed E-state index contributed by atoms with van der Waals surface area (Å²) in [4.78, 5) is 23.1. The number of nitrogens with one attached hydrogen (secondary N) is 2. The van der Waals surface area contributed by atoms with Gasteiger partial charge in [-0.3, -0.25) is 9.59 Å². The maximum Gasteiger partial charge on any atom is 0.305 e. The van der Waals surface area contributed by atoms with Crippen LogP contribution in [0.25, 0.3) is 0 Å². The van der Waals surface area contributed by atoms with Gasteiger partial charge in [-0.25, -0.2) is 13.1 Å². The van der Waals surface area contributed by atoms with Crippen molar-refractivity contribution in [2.24, 2.45) is 0 Å². The quantitative estimate of drug-likeness (QED) is 0.483. The number of amides is 1. The number of sulfonamides is 1. The van der Waals surface area contributed by atoms with Crippen LogP contribution in [0.5, 0.6) is 0 Å². The minimum Gasteiger partial charge on any atom is -0.469 e. The summed E-state index contributed by atoms with van der Waals surface area (Å²) in [7, 11) is -2.20. The lowest BCUT2D eigenvalue weighted by Gasteiger charge is -2.10. The van der Waals surface area contributed by atoms with Crippen LogP contribution in [0.15, 0.2) is 29.2 Å². The lowest BCUT2D eigenvalue weighted by Crippen LogP contribution is -2.30. The van der Waals surface area contributed by atoms with E-state index in [-0.39, 0.29) is 22.8 Å². The highest BCUT2D eigenvalue weighted by molar-refractivity contribution is 7.89. The molecule has 1 rings (SSSR count). The van der Waals surface area contributed by atoms with E-state index in [0.717, 1.165) is 19.3 Å². The number of benzene rings is 1. The molecule has 25 heavy (non-hydrogen) atoms. The van der Waals surface area contributed by atoms with Crippen LogP contribution in [0.3, 0.4) is 0 Å². The minimum atomic E-state index is -3.56. The van der Waals surface area contributed by atoms with Crippen LogP contribution >= 0.6 is 0 Å². The Morgan fingerprint density at radius 2 is 1.72 bits per heavy atom. The van der Waals surface area contributed by atoms with Gasteiger partial charge in [-0.1, -0.05) is 6.42 Å². The van der Waals surface area contributed by atoms with Gasteiger partial charge in [0, 0.05) is 24.6 Å². The maximum atomic E-state index is 12.0. The SMILES string of the molecule is COC(=O)CCCCCNC(=O)c1ccc(S(=O)(=O)NC(C)C)cc1. The Labute approximate surface area is 149 Å². The van der Waals surface area contributed by atoms with E-state index in [1.807, 2.05) is 0 Å². The molecule has 0 aliphatic rings. The molecular formula is C17H26N2O5S. The number of methoxy groups -OCH3 is 1. The summed E-state index contributed by atoms with van der Waals surface area (Å²) < 4.78 is 31.1. The summed E-state index contributed by atoms with van der Waals surface area (Å²) in [6.45, 7) is 3.98. The van der Waals surface area contributed by atoms with E-state index < -0.39 is 10.0 Å². The number of hydrogen-bond acceptors (Lipinski definition) is 5. The fraction of sp³-hybridized carbons (Fsp3) is 0.529. The van der Waals surface area contributed by atoms with Crippen molar-refractivity contribution >= 4 is 21.9 Å². The summed E-state index contributed by atoms with van der Waals surface area (Å²) in [5.41, 5.74) is 0.401. The Morgan fingerprint density at radius 1 is 1.08 bits per heavy atom. The van der Waals surface area contributed by atoms with Crippen molar-refractivity contribution in [3.8, 4) is 0 Å². The van der Waals surface area contributed by atoms with E-state index in [2.05, 4.69) is 14.8 Å². The predicted octanol–water partition coefficient (Wildman–Crippen LogP) is 1.84. The van der Waals surface area contributed by atoms with Gasteiger partial charge in [0.1, 0.15) is 0 Å². The molecule has 8 heteroatoms. The van der Waals surface area contributed by atoms with Gasteiger partial charge < -0.3 is 10.1 Å². The van der Waals surface area contributed by atoms with Crippen molar-refractivity contribution in [1.29, 1.82) is 0 Å². The number of carbonyl (C=O) groups excluding carboxylic acids is 2. The highest BCUT2D eigenvalue weighted by Crippen LogP contribution is 2.11. The highest BCUT2D eigenvalue weighted by atomic mass is 32.2. The van der Waals surface area contributed by atoms with Gasteiger partial charge in [-0.2, -0.15) is 0 Å². The van der Waals surface area contributed by atoms with Crippen molar-refractivity contribution in [2.75, 3.05) is 13.7 Å². The zero-order chi connectivity index (χ0) is 18.9. The van der Waals surface area contributed by atoms with E-state index in [0.29, 0.717) is 18.5 Å². The minimum absolute atomic E-state index is 0.126. The van der Waals surface area contributed by atoms with E-state index in [4.69, 9.17) is 0 Å². The Bertz CT molecular complexity index is 669. The number of esters is 1. The monoisotopic (exact) mass is 370 g/mol. The first-order chi connectivity index (χ1) is 11.8. The lowest BCUT2D eigenvalue weighted by atomic mass is 10.2. The fourth-order valence-electron chi connectivity index (χ4n) is 2.14. The first kappa shape index (κ1) is 21.1. The molecule has 7 nitrogen and oxygen atoms in total. The molecule has 0 bridgehead atoms. The smallest absolute Gasteiger partial charge is 0.305 e. The molecule has 0 saturated heterocycles. The summed E-state index contributed by atoms with van der Waals surface area (Å²) in [6, 6.07) is 5.60. The van der Waals surface area contributed by atoms with Crippen LogP contribution in [0.2, 0.25) is 0 Å². The van der Waals surface area contributed by atoms with Crippen molar-refractivity contribution in [2.45, 2.75) is 50.5 Å². The lowest BCUT2D eigenvalue weighted by molar-refractivity contribution is -0.140. The highest BCUT2D eigenvalue weighted by Gasteiger charge is 2.15. The third-order valence-electron chi connectivity index (χ3n) is 3.39. The number of rotatable bonds is 10. The Kier molecular flexibility index (Phi) is 8.57. The Hall–Kier alpha value is -1.93. The first-order valence-electron chi connectivity index (χ1n) is 8.23. The summed E-state index contributed by atoms with van der Waals surface area (Å²) >= 11 is 0. The second-order valence-electron chi connectivity index (χ2n) is 5.94. The number of hydrogen-bond donors (Lipinski definition) is 2. The third kappa shape index (κ3) is 7.66. The Balaban J connectivity index is 2.43. The van der Waals surface area contributed by atoms with Crippen LogP contribution in [0.4, 0.5) is 0 Å². The topological polar surface area (TPSA) is 102 Å². The normalized spacial score (nSPS) is 11.4. The summed E-state index contributed by atoms with van der Waals surface area (Å²) in [5.74, 6) is -0.486. The Morgan fingerprint density at radius 3 is 2.28 bits per heavy atom. The molecule has 2 N–H and O–H groups in total. The molecule has 0 aliphatic carbocycles. The molecular weight excluding hydrogens is 344 g/mol. The van der Waals surface area contributed by atoms with Gasteiger partial charge in [-0.15, -0.1) is 0 Å². The molecule has 0 aliphatic heterocycles. The zero-order valence-electron chi connectivity index (χ0n) is 14.9. The van der Waals surface area contributed by atoms with Gasteiger partial charge in [-0.05, 0) is 51.0 Å². The predicted molar refractivity (Wildman–Crippen MR) is 94.7 cm³/mol. The second-order valence-corrected chi connectivity index (χ2v) is 7.66. The van der Waals surface area contributed by atoms with Gasteiger partial charge in [0.2, 0.25) is 10.0 Å². The number of ether oxygens (including phenoxy) is 1. The van der Waals surface area contributed by atoms with E-state index in [9.17, 15) is 18.0 Å². The molecule has 0 heterocycles. The average molecular weight is 370 g/mol. The fourth-order valence-corrected chi connectivity index (χ4v) is 3.39. The van der Waals surface area contributed by atoms with E-state index in [1.54, 1.807) is 13.8 Å². The molecule has 0 saturated carbocycles. The van der Waals surface area contributed by atoms with Crippen molar-refractivity contribution in [3.63, 3.8) is 0 Å². The maximum absolute atomic E-state index is 12.0. The standard InChI is InChI=1S/C17H26N2O5S/c1-13(2)19-25(22,23)15-10-8-14(9-11-15)17(21)18-12-6-4-5-7-16(20)24-3/h8-11,13,19H,4-7,12H2,1-3H3,(H,18,21). The van der Waals surface area contributed by atoms with Gasteiger partial charge in [0.25, 0.3) is 5.91 Å². The van der Waals surface area contributed by atoms with Crippen LogP contribution in [0, 0.1) is 0 Å². The molecule has 1 aromatic rings. The van der Waals surface area contributed by atoms with Crippen LogP contribution in [-0.4, -0.2) is 40.0 Å². The third-order valence-corrected chi connectivity index (χ3v) is 5.06. The van der Waals surface area contributed by atoms with Crippen LogP contribution in [0.1, 0.15) is 49.9 Å². The average Bonchev–Trinajstić information content (AvgIpc) is 2.56. The summed E-state index contributed by atoms with van der Waals surface area (Å²) in [6.07, 6.45) is 2.67. The molecule has 0 radical (unpaired) electrons. The number of carbonyl (C=O) groups is 2. The second kappa shape index (κ2) is 10.1. The van der Waals surface area contributed by atoms with Gasteiger partial charge in [0.15, 0.2) is 0 Å². The van der Waals surface area contributed by atoms with Crippen molar-refractivity contribution < 1.29 is 22.7 Å². The molecule has 1 amide bonds. The first-order valence-corrected chi connectivity index (χ1v) is 9.72. The molecule has 0 spiro atoms. The van der Waals surface area contributed by atoms with Gasteiger partial charge in [0.05, 0.1) is 12.0 Å². The molecule has 0 atom stereocenters. The largest absolute Gasteiger partial charge is 0.469 e. The molecule has 0 unspecified atom stereocenters.